The second-order valence-corrected chi connectivity index (χ2v) is 8.66. The van der Waals surface area contributed by atoms with Gasteiger partial charge < -0.3 is 9.47 Å². The highest BCUT2D eigenvalue weighted by Crippen LogP contribution is 2.37. The number of carbonyl (C=O) groups is 1. The first kappa shape index (κ1) is 23.8. The van der Waals surface area contributed by atoms with Crippen molar-refractivity contribution in [1.82, 2.24) is 4.98 Å². The third-order valence-corrected chi connectivity index (χ3v) is 5.94. The molecule has 1 heterocycles. The third kappa shape index (κ3) is 6.01. The van der Waals surface area contributed by atoms with Gasteiger partial charge in [-0.2, -0.15) is 0 Å². The maximum Gasteiger partial charge on any atom is 0.229 e. The maximum absolute atomic E-state index is 12.4. The molecule has 0 radical (unpaired) electrons. The normalized spacial score (nSPS) is 10.6. The van der Waals surface area contributed by atoms with Crippen LogP contribution in [0.5, 0.6) is 17.2 Å². The molecule has 0 saturated carbocycles. The molecule has 0 saturated heterocycles. The highest BCUT2D eigenvalue weighted by atomic mass is 16.5. The number of pyridine rings is 1. The molecule has 0 aliphatic heterocycles. The lowest BCUT2D eigenvalue weighted by Gasteiger charge is -2.12. The van der Waals surface area contributed by atoms with Crippen molar-refractivity contribution in [3.63, 3.8) is 0 Å². The standard InChI is InChI=1S/C32H24N2O3/c1-33-30-20-28-29(21-32(30)36-22-25-10-6-3-7-11-25)34-17-16-31(28)37-27-14-12-24(13-15-27)19-26(35)18-23-8-4-2-5-9-23/h2-17,20-21H,18-19,22H2. The summed E-state index contributed by atoms with van der Waals surface area (Å²) in [6.45, 7) is 8.01. The summed E-state index contributed by atoms with van der Waals surface area (Å²) in [5.74, 6) is 1.88. The molecular formula is C32H24N2O3. The summed E-state index contributed by atoms with van der Waals surface area (Å²) in [6.07, 6.45) is 2.46. The number of rotatable bonds is 9. The predicted molar refractivity (Wildman–Crippen MR) is 144 cm³/mol. The van der Waals surface area contributed by atoms with Gasteiger partial charge in [0.1, 0.15) is 29.6 Å². The van der Waals surface area contributed by atoms with E-state index in [-0.39, 0.29) is 5.78 Å². The van der Waals surface area contributed by atoms with E-state index in [1.54, 1.807) is 24.4 Å². The zero-order valence-corrected chi connectivity index (χ0v) is 20.1. The van der Waals surface area contributed by atoms with Crippen LogP contribution in [0.25, 0.3) is 15.7 Å². The number of carbonyl (C=O) groups excluding carboxylic acids is 1. The predicted octanol–water partition coefficient (Wildman–Crippen LogP) is 7.51. The molecule has 0 spiro atoms. The summed E-state index contributed by atoms with van der Waals surface area (Å²) in [4.78, 5) is 20.6. The molecule has 0 amide bonds. The van der Waals surface area contributed by atoms with Crippen molar-refractivity contribution in [3.8, 4) is 17.2 Å². The van der Waals surface area contributed by atoms with Gasteiger partial charge in [-0.05, 0) is 47.0 Å². The van der Waals surface area contributed by atoms with Gasteiger partial charge >= 0.3 is 0 Å². The molecule has 0 aliphatic carbocycles. The molecule has 4 aromatic carbocycles. The minimum absolute atomic E-state index is 0.164. The van der Waals surface area contributed by atoms with Crippen molar-refractivity contribution in [2.24, 2.45) is 0 Å². The minimum Gasteiger partial charge on any atom is -0.500 e. The van der Waals surface area contributed by atoms with Crippen molar-refractivity contribution in [3.05, 3.63) is 137 Å². The molecule has 37 heavy (non-hydrogen) atoms. The van der Waals surface area contributed by atoms with Gasteiger partial charge in [0.15, 0.2) is 0 Å². The van der Waals surface area contributed by atoms with Gasteiger partial charge in [-0.15, -0.1) is 0 Å². The Labute approximate surface area is 215 Å². The number of nitrogens with zero attached hydrogens (tertiary/aromatic N) is 2. The average Bonchev–Trinajstić information content (AvgIpc) is 2.93. The van der Waals surface area contributed by atoms with Gasteiger partial charge in [0.2, 0.25) is 5.69 Å². The molecule has 5 aromatic rings. The van der Waals surface area contributed by atoms with E-state index in [1.807, 2.05) is 84.9 Å². The van der Waals surface area contributed by atoms with Crippen LogP contribution in [0.15, 0.2) is 109 Å². The number of hydrogen-bond donors (Lipinski definition) is 0. The van der Waals surface area contributed by atoms with Gasteiger partial charge in [0.05, 0.1) is 12.1 Å². The van der Waals surface area contributed by atoms with E-state index in [2.05, 4.69) is 9.83 Å². The SMILES string of the molecule is [C-]#[N+]c1cc2c(Oc3ccc(CC(=O)Cc4ccccc4)cc3)ccnc2cc1OCc1ccccc1. The van der Waals surface area contributed by atoms with E-state index < -0.39 is 0 Å². The Hall–Kier alpha value is -4.95. The number of aromatic nitrogens is 1. The molecule has 5 rings (SSSR count). The summed E-state index contributed by atoms with van der Waals surface area (Å²) in [5, 5.41) is 0.725. The molecule has 0 N–H and O–H groups in total. The molecule has 0 aliphatic rings. The molecule has 180 valence electrons. The van der Waals surface area contributed by atoms with Crippen LogP contribution in [-0.4, -0.2) is 10.8 Å². The Bertz CT molecular complexity index is 1560. The minimum atomic E-state index is 0.164. The van der Waals surface area contributed by atoms with Crippen LogP contribution in [0.3, 0.4) is 0 Å². The fraction of sp³-hybridized carbons (Fsp3) is 0.0938. The lowest BCUT2D eigenvalue weighted by atomic mass is 10.0. The Morgan fingerprint density at radius 2 is 1.41 bits per heavy atom. The topological polar surface area (TPSA) is 52.8 Å². The molecule has 0 atom stereocenters. The largest absolute Gasteiger partial charge is 0.500 e. The molecule has 0 bridgehead atoms. The summed E-state index contributed by atoms with van der Waals surface area (Å²) in [5.41, 5.74) is 4.05. The van der Waals surface area contributed by atoms with E-state index in [4.69, 9.17) is 16.0 Å². The molecule has 5 nitrogen and oxygen atoms in total. The summed E-state index contributed by atoms with van der Waals surface area (Å²) < 4.78 is 12.1. The lowest BCUT2D eigenvalue weighted by Crippen LogP contribution is -2.06. The third-order valence-electron chi connectivity index (χ3n) is 5.94. The van der Waals surface area contributed by atoms with Crippen LogP contribution in [-0.2, 0) is 24.2 Å². The van der Waals surface area contributed by atoms with Crippen LogP contribution in [0.4, 0.5) is 5.69 Å². The van der Waals surface area contributed by atoms with Crippen molar-refractivity contribution in [1.29, 1.82) is 0 Å². The van der Waals surface area contributed by atoms with Crippen molar-refractivity contribution >= 4 is 22.4 Å². The highest BCUT2D eigenvalue weighted by molar-refractivity contribution is 5.91. The molecule has 1 aromatic heterocycles. The van der Waals surface area contributed by atoms with Crippen LogP contribution in [0.1, 0.15) is 16.7 Å². The lowest BCUT2D eigenvalue weighted by molar-refractivity contribution is -0.117. The van der Waals surface area contributed by atoms with Crippen molar-refractivity contribution in [2.45, 2.75) is 19.4 Å². The van der Waals surface area contributed by atoms with E-state index in [9.17, 15) is 4.79 Å². The number of hydrogen-bond acceptors (Lipinski definition) is 4. The molecular weight excluding hydrogens is 460 g/mol. The molecule has 0 fully saturated rings. The number of benzene rings is 4. The van der Waals surface area contributed by atoms with Gasteiger partial charge in [0.25, 0.3) is 0 Å². The number of ether oxygens (including phenoxy) is 2. The zero-order chi connectivity index (χ0) is 25.5. The Balaban J connectivity index is 1.30. The number of ketones is 1. The fourth-order valence-corrected chi connectivity index (χ4v) is 4.08. The van der Waals surface area contributed by atoms with Crippen molar-refractivity contribution in [2.75, 3.05) is 0 Å². The Morgan fingerprint density at radius 1 is 0.757 bits per heavy atom. The fourth-order valence-electron chi connectivity index (χ4n) is 4.08. The first-order valence-corrected chi connectivity index (χ1v) is 12.0. The summed E-state index contributed by atoms with van der Waals surface area (Å²) in [7, 11) is 0. The summed E-state index contributed by atoms with van der Waals surface area (Å²) >= 11 is 0. The highest BCUT2D eigenvalue weighted by Gasteiger charge is 2.12. The van der Waals surface area contributed by atoms with Gasteiger partial charge in [-0.1, -0.05) is 72.8 Å². The second kappa shape index (κ2) is 11.2. The number of Topliss-reactive ketones (excluding diaryl/α,β-unsaturated/α-hetero) is 1. The second-order valence-electron chi connectivity index (χ2n) is 8.66. The zero-order valence-electron chi connectivity index (χ0n) is 20.1. The van der Waals surface area contributed by atoms with E-state index in [1.165, 1.54) is 0 Å². The van der Waals surface area contributed by atoms with Crippen LogP contribution >= 0.6 is 0 Å². The maximum atomic E-state index is 12.4. The Kier molecular flexibility index (Phi) is 7.19. The number of fused-ring (bicyclic) bond motifs is 1. The van der Waals surface area contributed by atoms with Crippen LogP contribution < -0.4 is 9.47 Å². The monoisotopic (exact) mass is 484 g/mol. The van der Waals surface area contributed by atoms with Crippen molar-refractivity contribution < 1.29 is 14.3 Å². The van der Waals surface area contributed by atoms with Gasteiger partial charge in [-0.25, -0.2) is 4.85 Å². The Morgan fingerprint density at radius 3 is 2.08 bits per heavy atom. The molecule has 5 heteroatoms. The quantitative estimate of drug-likeness (QED) is 0.203. The van der Waals surface area contributed by atoms with E-state index in [0.717, 1.165) is 22.1 Å². The average molecular weight is 485 g/mol. The molecule has 0 unspecified atom stereocenters. The van der Waals surface area contributed by atoms with Gasteiger partial charge in [0, 0.05) is 24.4 Å². The first-order chi connectivity index (χ1) is 18.2. The van der Waals surface area contributed by atoms with Crippen LogP contribution in [0.2, 0.25) is 0 Å². The van der Waals surface area contributed by atoms with E-state index in [0.29, 0.717) is 47.9 Å². The van der Waals surface area contributed by atoms with Crippen LogP contribution in [0, 0.1) is 6.57 Å². The smallest absolute Gasteiger partial charge is 0.229 e. The van der Waals surface area contributed by atoms with E-state index >= 15 is 0 Å². The first-order valence-electron chi connectivity index (χ1n) is 12.0. The summed E-state index contributed by atoms with van der Waals surface area (Å²) in [6, 6.07) is 32.4. The van der Waals surface area contributed by atoms with Gasteiger partial charge in [-0.3, -0.25) is 9.78 Å².